The summed E-state index contributed by atoms with van der Waals surface area (Å²) in [4.78, 5) is 28.3. The molecule has 1 aliphatic heterocycles. The lowest BCUT2D eigenvalue weighted by molar-refractivity contribution is -0.117. The highest BCUT2D eigenvalue weighted by molar-refractivity contribution is 8.05. The van der Waals surface area contributed by atoms with Gasteiger partial charge in [-0.2, -0.15) is 5.26 Å². The number of nitrogens with one attached hydrogen (secondary N) is 1. The number of hydrogen-bond donors (Lipinski definition) is 1. The highest BCUT2D eigenvalue weighted by atomic mass is 32.2. The molecule has 0 bridgehead atoms. The molecule has 1 saturated heterocycles. The molecule has 8 heteroatoms. The average Bonchev–Trinajstić information content (AvgIpc) is 3.25. The summed E-state index contributed by atoms with van der Waals surface area (Å²) in [6.07, 6.45) is 1.03. The van der Waals surface area contributed by atoms with Gasteiger partial charge in [0.1, 0.15) is 16.7 Å². The van der Waals surface area contributed by atoms with Crippen molar-refractivity contribution in [2.45, 2.75) is 25.0 Å². The van der Waals surface area contributed by atoms with E-state index < -0.39 is 11.2 Å². The van der Waals surface area contributed by atoms with E-state index in [2.05, 4.69) is 11.4 Å². The maximum atomic E-state index is 13.6. The molecule has 1 N–H and O–H groups in total. The van der Waals surface area contributed by atoms with E-state index in [1.165, 1.54) is 16.7 Å². The van der Waals surface area contributed by atoms with E-state index in [4.69, 9.17) is 9.47 Å². The van der Waals surface area contributed by atoms with Gasteiger partial charge in [0, 0.05) is 12.2 Å². The molecule has 1 heterocycles. The monoisotopic (exact) mass is 527 g/mol. The van der Waals surface area contributed by atoms with Crippen LogP contribution in [0.3, 0.4) is 0 Å². The van der Waals surface area contributed by atoms with Gasteiger partial charge < -0.3 is 14.8 Å². The maximum Gasteiger partial charge on any atom is 0.264 e. The van der Waals surface area contributed by atoms with Crippen molar-refractivity contribution in [2.24, 2.45) is 0 Å². The van der Waals surface area contributed by atoms with E-state index in [1.54, 1.807) is 26.4 Å². The predicted octanol–water partition coefficient (Wildman–Crippen LogP) is 4.80. The summed E-state index contributed by atoms with van der Waals surface area (Å²) < 4.78 is 10.6. The number of amides is 2. The Labute approximate surface area is 227 Å². The standard InChI is InChI=1S/C30H29N3O4S/c1-20-9-7-8-10-22(20)18-27-29(35)33(23-11-5-4-6-12-23)30(38-27)24(19-31)28(34)32-16-15-21-13-14-25(36-2)26(17-21)37-3/h4-14,17,27H,15-16,18H2,1-3H3,(H,32,34)/b30-24-. The van der Waals surface area contributed by atoms with Crippen LogP contribution in [0.5, 0.6) is 11.5 Å². The van der Waals surface area contributed by atoms with Crippen LogP contribution in [0.15, 0.2) is 83.4 Å². The molecule has 1 atom stereocenters. The molecule has 0 saturated carbocycles. The second-order valence-electron chi connectivity index (χ2n) is 8.73. The normalized spacial score (nSPS) is 16.1. The highest BCUT2D eigenvalue weighted by Crippen LogP contribution is 2.42. The molecule has 38 heavy (non-hydrogen) atoms. The van der Waals surface area contributed by atoms with Crippen LogP contribution in [0, 0.1) is 18.3 Å². The summed E-state index contributed by atoms with van der Waals surface area (Å²) in [6.45, 7) is 2.32. The van der Waals surface area contributed by atoms with E-state index in [0.29, 0.717) is 41.6 Å². The van der Waals surface area contributed by atoms with Crippen molar-refractivity contribution in [1.29, 1.82) is 5.26 Å². The van der Waals surface area contributed by atoms with Gasteiger partial charge in [-0.25, -0.2) is 0 Å². The molecule has 0 radical (unpaired) electrons. The van der Waals surface area contributed by atoms with E-state index >= 15 is 0 Å². The summed E-state index contributed by atoms with van der Waals surface area (Å²) >= 11 is 1.27. The number of carbonyl (C=O) groups excluding carboxylic acids is 2. The van der Waals surface area contributed by atoms with E-state index in [1.807, 2.05) is 67.6 Å². The van der Waals surface area contributed by atoms with Crippen LogP contribution in [-0.4, -0.2) is 37.8 Å². The lowest BCUT2D eigenvalue weighted by Gasteiger charge is -2.18. The number of nitrogens with zero attached hydrogens (tertiary/aromatic N) is 2. The first-order chi connectivity index (χ1) is 18.5. The number of para-hydroxylation sites is 1. The van der Waals surface area contributed by atoms with Crippen molar-refractivity contribution >= 4 is 29.3 Å². The van der Waals surface area contributed by atoms with Crippen LogP contribution in [-0.2, 0) is 22.4 Å². The molecule has 0 aromatic heterocycles. The molecule has 1 fully saturated rings. The first-order valence-corrected chi connectivity index (χ1v) is 13.1. The van der Waals surface area contributed by atoms with Gasteiger partial charge >= 0.3 is 0 Å². The lowest BCUT2D eigenvalue weighted by Crippen LogP contribution is -2.32. The van der Waals surface area contributed by atoms with Crippen LogP contribution in [0.25, 0.3) is 0 Å². The SMILES string of the molecule is COc1ccc(CCNC(=O)/C(C#N)=C2\SC(Cc3ccccc3C)C(=O)N2c2ccccc2)cc1OC. The first kappa shape index (κ1) is 26.8. The number of anilines is 1. The van der Waals surface area contributed by atoms with Gasteiger partial charge in [-0.3, -0.25) is 14.5 Å². The van der Waals surface area contributed by atoms with Crippen molar-refractivity contribution in [2.75, 3.05) is 25.7 Å². The van der Waals surface area contributed by atoms with Crippen molar-refractivity contribution in [1.82, 2.24) is 5.32 Å². The number of hydrogen-bond acceptors (Lipinski definition) is 6. The van der Waals surface area contributed by atoms with Gasteiger partial charge in [-0.15, -0.1) is 0 Å². The van der Waals surface area contributed by atoms with Gasteiger partial charge in [-0.1, -0.05) is 60.3 Å². The van der Waals surface area contributed by atoms with Gasteiger partial charge in [0.2, 0.25) is 5.91 Å². The minimum atomic E-state index is -0.513. The van der Waals surface area contributed by atoms with Crippen LogP contribution >= 0.6 is 11.8 Å². The number of thioether (sulfide) groups is 1. The number of benzene rings is 3. The molecule has 2 amide bonds. The Morgan fingerprint density at radius 1 is 1.03 bits per heavy atom. The quantitative estimate of drug-likeness (QED) is 0.318. The molecule has 3 aromatic rings. The Balaban J connectivity index is 1.57. The average molecular weight is 528 g/mol. The largest absolute Gasteiger partial charge is 0.493 e. The molecule has 0 aliphatic carbocycles. The Bertz CT molecular complexity index is 1400. The summed E-state index contributed by atoms with van der Waals surface area (Å²) in [5.41, 5.74) is 3.65. The van der Waals surface area contributed by atoms with Gasteiger partial charge in [0.15, 0.2) is 11.5 Å². The Morgan fingerprint density at radius 2 is 1.74 bits per heavy atom. The topological polar surface area (TPSA) is 91.7 Å². The molecule has 194 valence electrons. The maximum absolute atomic E-state index is 13.6. The van der Waals surface area contributed by atoms with Crippen LogP contribution < -0.4 is 19.7 Å². The minimum absolute atomic E-state index is 0.0770. The molecule has 7 nitrogen and oxygen atoms in total. The van der Waals surface area contributed by atoms with Crippen LogP contribution in [0.4, 0.5) is 5.69 Å². The first-order valence-electron chi connectivity index (χ1n) is 12.2. The third-order valence-corrected chi connectivity index (χ3v) is 7.60. The number of methoxy groups -OCH3 is 2. The smallest absolute Gasteiger partial charge is 0.264 e. The van der Waals surface area contributed by atoms with E-state index in [0.717, 1.165) is 16.7 Å². The van der Waals surface area contributed by atoms with Crippen molar-refractivity contribution in [3.05, 3.63) is 100 Å². The fourth-order valence-electron chi connectivity index (χ4n) is 4.28. The summed E-state index contributed by atoms with van der Waals surface area (Å²) in [6, 6.07) is 24.7. The predicted molar refractivity (Wildman–Crippen MR) is 149 cm³/mol. The zero-order valence-electron chi connectivity index (χ0n) is 21.6. The fourth-order valence-corrected chi connectivity index (χ4v) is 5.58. The lowest BCUT2D eigenvalue weighted by atomic mass is 10.0. The summed E-state index contributed by atoms with van der Waals surface area (Å²) in [5.74, 6) is 0.572. The Morgan fingerprint density at radius 3 is 2.42 bits per heavy atom. The molecular formula is C30H29N3O4S. The molecule has 1 unspecified atom stereocenters. The van der Waals surface area contributed by atoms with E-state index in [-0.39, 0.29) is 11.5 Å². The Hall–Kier alpha value is -4.22. The molecular weight excluding hydrogens is 498 g/mol. The summed E-state index contributed by atoms with van der Waals surface area (Å²) in [5, 5.41) is 12.8. The van der Waals surface area contributed by atoms with Crippen LogP contribution in [0.1, 0.15) is 16.7 Å². The second-order valence-corrected chi connectivity index (χ2v) is 9.92. The molecule has 3 aromatic carbocycles. The zero-order valence-corrected chi connectivity index (χ0v) is 22.4. The Kier molecular flexibility index (Phi) is 8.72. The highest BCUT2D eigenvalue weighted by Gasteiger charge is 2.40. The number of ether oxygens (including phenoxy) is 2. The van der Waals surface area contributed by atoms with Crippen molar-refractivity contribution in [3.63, 3.8) is 0 Å². The van der Waals surface area contributed by atoms with Gasteiger partial charge in [-0.05, 0) is 60.7 Å². The third-order valence-electron chi connectivity index (χ3n) is 6.33. The summed E-state index contributed by atoms with van der Waals surface area (Å²) in [7, 11) is 3.14. The van der Waals surface area contributed by atoms with Crippen molar-refractivity contribution in [3.8, 4) is 17.6 Å². The van der Waals surface area contributed by atoms with Crippen molar-refractivity contribution < 1.29 is 19.1 Å². The third kappa shape index (κ3) is 5.84. The van der Waals surface area contributed by atoms with Gasteiger partial charge in [0.05, 0.1) is 19.5 Å². The molecule has 4 rings (SSSR count). The second kappa shape index (κ2) is 12.3. The minimum Gasteiger partial charge on any atom is -0.493 e. The van der Waals surface area contributed by atoms with Crippen LogP contribution in [0.2, 0.25) is 0 Å². The number of carbonyl (C=O) groups is 2. The molecule has 0 spiro atoms. The molecule has 1 aliphatic rings. The van der Waals surface area contributed by atoms with E-state index in [9.17, 15) is 14.9 Å². The van der Waals surface area contributed by atoms with Gasteiger partial charge in [0.25, 0.3) is 5.91 Å². The number of aryl methyl sites for hydroxylation is 1. The number of nitriles is 1. The zero-order chi connectivity index (χ0) is 27.1. The fraction of sp³-hybridized carbons (Fsp3) is 0.233. The number of rotatable bonds is 9.